The summed E-state index contributed by atoms with van der Waals surface area (Å²) in [6, 6.07) is 6.10. The van der Waals surface area contributed by atoms with Gasteiger partial charge < -0.3 is 5.32 Å². The van der Waals surface area contributed by atoms with Crippen LogP contribution in [0.15, 0.2) is 18.2 Å². The molecular weight excluding hydrogens is 170 g/mol. The predicted octanol–water partition coefficient (Wildman–Crippen LogP) is 2.68. The molecule has 1 aromatic rings. The van der Waals surface area contributed by atoms with Gasteiger partial charge in [-0.05, 0) is 31.0 Å². The smallest absolute Gasteiger partial charge is 0.0454 e. The van der Waals surface area contributed by atoms with Crippen LogP contribution < -0.4 is 5.32 Å². The molecule has 0 spiro atoms. The highest BCUT2D eigenvalue weighted by atomic mass is 35.5. The van der Waals surface area contributed by atoms with E-state index in [1.807, 2.05) is 12.1 Å². The zero-order valence-corrected chi connectivity index (χ0v) is 8.07. The average molecular weight is 182 g/mol. The van der Waals surface area contributed by atoms with Crippen molar-refractivity contribution in [3.05, 3.63) is 34.3 Å². The molecule has 0 fully saturated rings. The number of benzene rings is 1. The van der Waals surface area contributed by atoms with Gasteiger partial charge in [-0.15, -0.1) is 0 Å². The van der Waals surface area contributed by atoms with Crippen molar-refractivity contribution in [1.29, 1.82) is 0 Å². The molecule has 1 heterocycles. The maximum Gasteiger partial charge on any atom is 0.0454 e. The van der Waals surface area contributed by atoms with E-state index in [1.54, 1.807) is 0 Å². The lowest BCUT2D eigenvalue weighted by Crippen LogP contribution is -2.28. The molecule has 12 heavy (non-hydrogen) atoms. The van der Waals surface area contributed by atoms with Gasteiger partial charge in [0.25, 0.3) is 0 Å². The van der Waals surface area contributed by atoms with E-state index in [0.717, 1.165) is 11.6 Å². The van der Waals surface area contributed by atoms with Gasteiger partial charge in [0.1, 0.15) is 0 Å². The predicted molar refractivity (Wildman–Crippen MR) is 51.3 cm³/mol. The molecular formula is C10H12ClN. The van der Waals surface area contributed by atoms with Crippen LogP contribution in [0.5, 0.6) is 0 Å². The molecule has 1 aliphatic rings. The van der Waals surface area contributed by atoms with Crippen LogP contribution in [-0.2, 0) is 12.1 Å². The van der Waals surface area contributed by atoms with Crippen molar-refractivity contribution in [2.24, 2.45) is 0 Å². The van der Waals surface area contributed by atoms with E-state index in [1.165, 1.54) is 11.1 Å². The highest BCUT2D eigenvalue weighted by Crippen LogP contribution is 2.34. The van der Waals surface area contributed by atoms with Crippen LogP contribution in [0, 0.1) is 0 Å². The van der Waals surface area contributed by atoms with Gasteiger partial charge in [-0.25, -0.2) is 0 Å². The molecule has 0 aliphatic carbocycles. The van der Waals surface area contributed by atoms with Crippen molar-refractivity contribution in [2.45, 2.75) is 25.9 Å². The molecule has 0 aromatic heterocycles. The zero-order valence-electron chi connectivity index (χ0n) is 7.32. The van der Waals surface area contributed by atoms with Crippen LogP contribution in [0.2, 0.25) is 5.02 Å². The number of hydrogen-bond donors (Lipinski definition) is 1. The molecule has 0 atom stereocenters. The molecule has 0 amide bonds. The molecule has 1 N–H and O–H groups in total. The van der Waals surface area contributed by atoms with Gasteiger partial charge in [-0.3, -0.25) is 0 Å². The van der Waals surface area contributed by atoms with Gasteiger partial charge in [0, 0.05) is 17.1 Å². The Morgan fingerprint density at radius 1 is 1.42 bits per heavy atom. The zero-order chi connectivity index (χ0) is 8.77. The fraction of sp³-hybridized carbons (Fsp3) is 0.400. The summed E-state index contributed by atoms with van der Waals surface area (Å²) < 4.78 is 0. The molecule has 0 saturated carbocycles. The van der Waals surface area contributed by atoms with Crippen LogP contribution in [0.4, 0.5) is 0 Å². The summed E-state index contributed by atoms with van der Waals surface area (Å²) in [5.41, 5.74) is 2.67. The van der Waals surface area contributed by atoms with Gasteiger partial charge in [-0.1, -0.05) is 23.7 Å². The third kappa shape index (κ3) is 1.05. The summed E-state index contributed by atoms with van der Waals surface area (Å²) in [4.78, 5) is 0. The van der Waals surface area contributed by atoms with Crippen molar-refractivity contribution in [1.82, 2.24) is 5.32 Å². The van der Waals surface area contributed by atoms with E-state index >= 15 is 0 Å². The Balaban J connectivity index is 2.61. The first-order chi connectivity index (χ1) is 5.61. The minimum Gasteiger partial charge on any atom is -0.304 e. The second-order valence-corrected chi connectivity index (χ2v) is 4.15. The summed E-state index contributed by atoms with van der Waals surface area (Å²) in [5, 5.41) is 4.30. The number of halogens is 1. The van der Waals surface area contributed by atoms with E-state index in [2.05, 4.69) is 25.2 Å². The second kappa shape index (κ2) is 2.48. The number of rotatable bonds is 0. The summed E-state index contributed by atoms with van der Waals surface area (Å²) in [5.74, 6) is 0. The van der Waals surface area contributed by atoms with Gasteiger partial charge in [0.15, 0.2) is 0 Å². The Labute approximate surface area is 77.7 Å². The molecule has 1 nitrogen and oxygen atoms in total. The van der Waals surface area contributed by atoms with E-state index in [9.17, 15) is 0 Å². The average Bonchev–Trinajstić information content (AvgIpc) is 2.30. The van der Waals surface area contributed by atoms with Crippen LogP contribution in [-0.4, -0.2) is 0 Å². The number of hydrogen-bond acceptors (Lipinski definition) is 1. The maximum atomic E-state index is 6.06. The third-order valence-corrected chi connectivity index (χ3v) is 2.85. The standard InChI is InChI=1S/C10H12ClN/c1-10(2)8-4-3-5-9(11)7(8)6-12-10/h3-5,12H,6H2,1-2H3. The highest BCUT2D eigenvalue weighted by molar-refractivity contribution is 6.31. The minimum atomic E-state index is 0.0836. The van der Waals surface area contributed by atoms with Crippen LogP contribution >= 0.6 is 11.6 Å². The van der Waals surface area contributed by atoms with Crippen LogP contribution in [0.1, 0.15) is 25.0 Å². The lowest BCUT2D eigenvalue weighted by molar-refractivity contribution is 0.442. The van der Waals surface area contributed by atoms with Gasteiger partial charge >= 0.3 is 0 Å². The van der Waals surface area contributed by atoms with Gasteiger partial charge in [0.2, 0.25) is 0 Å². The van der Waals surface area contributed by atoms with E-state index in [-0.39, 0.29) is 5.54 Å². The molecule has 0 unspecified atom stereocenters. The topological polar surface area (TPSA) is 12.0 Å². The van der Waals surface area contributed by atoms with Gasteiger partial charge in [0.05, 0.1) is 0 Å². The van der Waals surface area contributed by atoms with Crippen molar-refractivity contribution in [2.75, 3.05) is 0 Å². The molecule has 1 aromatic carbocycles. The van der Waals surface area contributed by atoms with Crippen molar-refractivity contribution >= 4 is 11.6 Å². The molecule has 0 radical (unpaired) electrons. The first-order valence-corrected chi connectivity index (χ1v) is 4.52. The largest absolute Gasteiger partial charge is 0.304 e. The maximum absolute atomic E-state index is 6.06. The molecule has 1 aliphatic heterocycles. The number of fused-ring (bicyclic) bond motifs is 1. The fourth-order valence-electron chi connectivity index (χ4n) is 1.73. The molecule has 64 valence electrons. The molecule has 2 rings (SSSR count). The lowest BCUT2D eigenvalue weighted by atomic mass is 9.95. The van der Waals surface area contributed by atoms with E-state index in [4.69, 9.17) is 11.6 Å². The van der Waals surface area contributed by atoms with Crippen LogP contribution in [0.25, 0.3) is 0 Å². The normalized spacial score (nSPS) is 19.2. The third-order valence-electron chi connectivity index (χ3n) is 2.50. The van der Waals surface area contributed by atoms with Crippen molar-refractivity contribution in [3.63, 3.8) is 0 Å². The van der Waals surface area contributed by atoms with Crippen molar-refractivity contribution in [3.8, 4) is 0 Å². The fourth-order valence-corrected chi connectivity index (χ4v) is 1.97. The summed E-state index contributed by atoms with van der Waals surface area (Å²) in [6.07, 6.45) is 0. The monoisotopic (exact) mass is 181 g/mol. The molecule has 0 bridgehead atoms. The second-order valence-electron chi connectivity index (χ2n) is 3.74. The highest BCUT2D eigenvalue weighted by Gasteiger charge is 2.29. The summed E-state index contributed by atoms with van der Waals surface area (Å²) >= 11 is 6.06. The quantitative estimate of drug-likeness (QED) is 0.649. The van der Waals surface area contributed by atoms with E-state index < -0.39 is 0 Å². The van der Waals surface area contributed by atoms with Gasteiger partial charge in [-0.2, -0.15) is 0 Å². The Kier molecular flexibility index (Phi) is 1.67. The Morgan fingerprint density at radius 2 is 2.17 bits per heavy atom. The van der Waals surface area contributed by atoms with Crippen LogP contribution in [0.3, 0.4) is 0 Å². The van der Waals surface area contributed by atoms with Crippen molar-refractivity contribution < 1.29 is 0 Å². The number of nitrogens with one attached hydrogen (secondary N) is 1. The minimum absolute atomic E-state index is 0.0836. The molecule has 2 heteroatoms. The lowest BCUT2D eigenvalue weighted by Gasteiger charge is -2.19. The summed E-state index contributed by atoms with van der Waals surface area (Å²) in [7, 11) is 0. The van der Waals surface area contributed by atoms with E-state index in [0.29, 0.717) is 0 Å². The first kappa shape index (κ1) is 8.09. The molecule has 0 saturated heterocycles. The SMILES string of the molecule is CC1(C)NCc2c(Cl)cccc21. The Hall–Kier alpha value is -0.530. The Morgan fingerprint density at radius 3 is 2.83 bits per heavy atom. The Bertz CT molecular complexity index is 318. The summed E-state index contributed by atoms with van der Waals surface area (Å²) in [6.45, 7) is 5.24. The first-order valence-electron chi connectivity index (χ1n) is 4.14.